The minimum absolute atomic E-state index is 0.695. The van der Waals surface area contributed by atoms with Crippen molar-refractivity contribution in [3.05, 3.63) is 18.5 Å². The summed E-state index contributed by atoms with van der Waals surface area (Å²) in [5, 5.41) is 8.88. The maximum atomic E-state index is 8.88. The highest BCUT2D eigenvalue weighted by atomic mass is 15.3. The molecule has 2 rings (SSSR count). The van der Waals surface area contributed by atoms with Crippen molar-refractivity contribution >= 4 is 5.95 Å². The lowest BCUT2D eigenvalue weighted by Gasteiger charge is -2.34. The summed E-state index contributed by atoms with van der Waals surface area (Å²) in [6.45, 7) is 6.69. The van der Waals surface area contributed by atoms with Gasteiger partial charge in [0.25, 0.3) is 0 Å². The van der Waals surface area contributed by atoms with Gasteiger partial charge in [-0.05, 0) is 32.4 Å². The van der Waals surface area contributed by atoms with Gasteiger partial charge in [0.1, 0.15) is 5.54 Å². The molecule has 1 atom stereocenters. The Balaban J connectivity index is 1.71. The quantitative estimate of drug-likeness (QED) is 0.847. The van der Waals surface area contributed by atoms with Gasteiger partial charge in [-0.2, -0.15) is 5.26 Å². The molecular formula is C14H22N6. The van der Waals surface area contributed by atoms with Crippen LogP contribution in [0.1, 0.15) is 19.8 Å². The molecule has 1 unspecified atom stereocenters. The summed E-state index contributed by atoms with van der Waals surface area (Å²) in [6, 6.07) is 3.97. The zero-order valence-electron chi connectivity index (χ0n) is 12.0. The Morgan fingerprint density at radius 1 is 1.30 bits per heavy atom. The maximum absolute atomic E-state index is 8.88. The van der Waals surface area contributed by atoms with Crippen molar-refractivity contribution in [2.75, 3.05) is 37.6 Å². The summed E-state index contributed by atoms with van der Waals surface area (Å²) in [7, 11) is 0. The molecule has 1 aliphatic heterocycles. The Morgan fingerprint density at radius 3 is 2.55 bits per heavy atom. The van der Waals surface area contributed by atoms with Crippen molar-refractivity contribution in [3.8, 4) is 6.07 Å². The standard InChI is InChI=1S/C14H22N6/c1-14(16,12-15)4-2-7-19-8-10-20(11-9-19)13-17-5-3-6-18-13/h3,5-6H,2,4,7-11,16H2,1H3. The molecule has 1 saturated heterocycles. The highest BCUT2D eigenvalue weighted by Gasteiger charge is 2.20. The number of anilines is 1. The summed E-state index contributed by atoms with van der Waals surface area (Å²) < 4.78 is 0. The van der Waals surface area contributed by atoms with E-state index in [1.165, 1.54) is 0 Å². The number of piperazine rings is 1. The Kier molecular flexibility index (Phi) is 4.88. The van der Waals surface area contributed by atoms with Gasteiger partial charge < -0.3 is 10.6 Å². The first kappa shape index (κ1) is 14.7. The van der Waals surface area contributed by atoms with E-state index in [1.54, 1.807) is 19.3 Å². The molecule has 0 amide bonds. The van der Waals surface area contributed by atoms with E-state index in [2.05, 4.69) is 25.8 Å². The fourth-order valence-corrected chi connectivity index (χ4v) is 2.35. The van der Waals surface area contributed by atoms with Crippen LogP contribution in [0, 0.1) is 11.3 Å². The molecule has 0 bridgehead atoms. The Hall–Kier alpha value is -1.71. The lowest BCUT2D eigenvalue weighted by Crippen LogP contribution is -2.47. The number of hydrogen-bond acceptors (Lipinski definition) is 6. The lowest BCUT2D eigenvalue weighted by molar-refractivity contribution is 0.247. The molecule has 0 radical (unpaired) electrons. The first-order chi connectivity index (χ1) is 9.61. The van der Waals surface area contributed by atoms with Gasteiger partial charge in [-0.3, -0.25) is 4.90 Å². The van der Waals surface area contributed by atoms with Crippen LogP contribution < -0.4 is 10.6 Å². The third kappa shape index (κ3) is 4.15. The van der Waals surface area contributed by atoms with Crippen molar-refractivity contribution < 1.29 is 0 Å². The zero-order chi connectivity index (χ0) is 14.4. The molecule has 0 saturated carbocycles. The molecule has 0 aliphatic carbocycles. The summed E-state index contributed by atoms with van der Waals surface area (Å²) in [4.78, 5) is 13.2. The van der Waals surface area contributed by atoms with E-state index < -0.39 is 5.54 Å². The van der Waals surface area contributed by atoms with Crippen LogP contribution in [0.5, 0.6) is 0 Å². The van der Waals surface area contributed by atoms with Crippen molar-refractivity contribution in [3.63, 3.8) is 0 Å². The molecule has 108 valence electrons. The van der Waals surface area contributed by atoms with Crippen molar-refractivity contribution in [2.45, 2.75) is 25.3 Å². The molecule has 1 aliphatic rings. The van der Waals surface area contributed by atoms with Crippen LogP contribution in [0.2, 0.25) is 0 Å². The zero-order valence-corrected chi connectivity index (χ0v) is 12.0. The summed E-state index contributed by atoms with van der Waals surface area (Å²) in [5.41, 5.74) is 5.13. The Morgan fingerprint density at radius 2 is 1.95 bits per heavy atom. The summed E-state index contributed by atoms with van der Waals surface area (Å²) in [6.07, 6.45) is 5.26. The van der Waals surface area contributed by atoms with Crippen LogP contribution in [0.4, 0.5) is 5.95 Å². The second kappa shape index (κ2) is 6.64. The van der Waals surface area contributed by atoms with E-state index in [0.717, 1.165) is 51.5 Å². The van der Waals surface area contributed by atoms with Crippen molar-refractivity contribution in [1.82, 2.24) is 14.9 Å². The molecule has 0 aromatic carbocycles. The molecule has 2 N–H and O–H groups in total. The average molecular weight is 274 g/mol. The van der Waals surface area contributed by atoms with Gasteiger partial charge in [0.15, 0.2) is 0 Å². The fourth-order valence-electron chi connectivity index (χ4n) is 2.35. The molecule has 1 fully saturated rings. The van der Waals surface area contributed by atoms with Crippen molar-refractivity contribution in [1.29, 1.82) is 5.26 Å². The SMILES string of the molecule is CC(N)(C#N)CCCN1CCN(c2ncccn2)CC1. The van der Waals surface area contributed by atoms with Gasteiger partial charge in [-0.1, -0.05) is 0 Å². The largest absolute Gasteiger partial charge is 0.338 e. The van der Waals surface area contributed by atoms with Crippen molar-refractivity contribution in [2.24, 2.45) is 5.73 Å². The van der Waals surface area contributed by atoms with Crippen LogP contribution in [0.25, 0.3) is 0 Å². The topological polar surface area (TPSA) is 82.1 Å². The molecule has 6 heteroatoms. The molecular weight excluding hydrogens is 252 g/mol. The van der Waals surface area contributed by atoms with Gasteiger partial charge in [-0.15, -0.1) is 0 Å². The summed E-state index contributed by atoms with van der Waals surface area (Å²) in [5.74, 6) is 0.811. The highest BCUT2D eigenvalue weighted by Crippen LogP contribution is 2.12. The van der Waals surface area contributed by atoms with Crippen LogP contribution in [-0.2, 0) is 0 Å². The second-order valence-electron chi connectivity index (χ2n) is 5.51. The molecule has 1 aromatic heterocycles. The third-order valence-corrected chi connectivity index (χ3v) is 3.63. The lowest BCUT2D eigenvalue weighted by atomic mass is 9.99. The van der Waals surface area contributed by atoms with Gasteiger partial charge >= 0.3 is 0 Å². The van der Waals surface area contributed by atoms with Crippen LogP contribution in [0.3, 0.4) is 0 Å². The van der Waals surface area contributed by atoms with Crippen LogP contribution in [-0.4, -0.2) is 53.1 Å². The van der Waals surface area contributed by atoms with E-state index in [0.29, 0.717) is 0 Å². The van der Waals surface area contributed by atoms with E-state index >= 15 is 0 Å². The molecule has 2 heterocycles. The first-order valence-corrected chi connectivity index (χ1v) is 7.05. The van der Waals surface area contributed by atoms with Gasteiger partial charge in [-0.25, -0.2) is 9.97 Å². The van der Waals surface area contributed by atoms with Gasteiger partial charge in [0.05, 0.1) is 6.07 Å². The van der Waals surface area contributed by atoms with Crippen LogP contribution in [0.15, 0.2) is 18.5 Å². The molecule has 20 heavy (non-hydrogen) atoms. The fraction of sp³-hybridized carbons (Fsp3) is 0.643. The normalized spacial score (nSPS) is 19.4. The van der Waals surface area contributed by atoms with E-state index in [-0.39, 0.29) is 0 Å². The predicted octanol–water partition coefficient (Wildman–Crippen LogP) is 0.620. The number of rotatable bonds is 5. The number of nitrogens with zero attached hydrogens (tertiary/aromatic N) is 5. The number of nitrogens with two attached hydrogens (primary N) is 1. The third-order valence-electron chi connectivity index (χ3n) is 3.63. The van der Waals surface area contributed by atoms with Gasteiger partial charge in [0, 0.05) is 38.6 Å². The van der Waals surface area contributed by atoms with E-state index in [4.69, 9.17) is 11.0 Å². The monoisotopic (exact) mass is 274 g/mol. The van der Waals surface area contributed by atoms with E-state index in [1.807, 2.05) is 6.07 Å². The van der Waals surface area contributed by atoms with E-state index in [9.17, 15) is 0 Å². The van der Waals surface area contributed by atoms with Crippen LogP contribution >= 0.6 is 0 Å². The van der Waals surface area contributed by atoms with Gasteiger partial charge in [0.2, 0.25) is 5.95 Å². The smallest absolute Gasteiger partial charge is 0.225 e. The minimum Gasteiger partial charge on any atom is -0.338 e. The number of nitriles is 1. The number of aromatic nitrogens is 2. The first-order valence-electron chi connectivity index (χ1n) is 7.05. The minimum atomic E-state index is -0.695. The Bertz CT molecular complexity index is 444. The maximum Gasteiger partial charge on any atom is 0.225 e. The predicted molar refractivity (Wildman–Crippen MR) is 78.1 cm³/mol. The Labute approximate surface area is 120 Å². The second-order valence-corrected chi connectivity index (χ2v) is 5.51. The number of hydrogen-bond donors (Lipinski definition) is 1. The molecule has 6 nitrogen and oxygen atoms in total. The molecule has 1 aromatic rings. The summed E-state index contributed by atoms with van der Waals surface area (Å²) >= 11 is 0. The highest BCUT2D eigenvalue weighted by molar-refractivity contribution is 5.29. The average Bonchev–Trinajstić information content (AvgIpc) is 2.49. The molecule has 0 spiro atoms.